The van der Waals surface area contributed by atoms with E-state index in [4.69, 9.17) is 4.42 Å². The zero-order valence-corrected chi connectivity index (χ0v) is 16.4. The van der Waals surface area contributed by atoms with Gasteiger partial charge in [-0.3, -0.25) is 5.10 Å². The van der Waals surface area contributed by atoms with Gasteiger partial charge in [-0.05, 0) is 29.8 Å². The van der Waals surface area contributed by atoms with Crippen LogP contribution >= 0.6 is 27.7 Å². The number of rotatable bonds is 6. The molecule has 0 fully saturated rings. The molecular weight excluding hydrogens is 426 g/mol. The van der Waals surface area contributed by atoms with Gasteiger partial charge in [0.2, 0.25) is 16.9 Å². The molecule has 8 heteroatoms. The lowest BCUT2D eigenvalue weighted by atomic mass is 10.2. The first-order valence-electron chi connectivity index (χ1n) is 8.13. The van der Waals surface area contributed by atoms with E-state index in [1.165, 1.54) is 11.8 Å². The second kappa shape index (κ2) is 8.32. The Bertz CT molecular complexity index is 1060. The molecule has 0 saturated heterocycles. The second-order valence-electron chi connectivity index (χ2n) is 5.55. The smallest absolute Gasteiger partial charge is 0.247 e. The number of benzene rings is 2. The Labute approximate surface area is 168 Å². The highest BCUT2D eigenvalue weighted by Crippen LogP contribution is 2.24. The number of nitrogens with zero attached hydrogens (tertiary/aromatic N) is 4. The summed E-state index contributed by atoms with van der Waals surface area (Å²) >= 11 is 4.87. The van der Waals surface area contributed by atoms with Crippen molar-refractivity contribution in [3.05, 3.63) is 76.3 Å². The van der Waals surface area contributed by atoms with E-state index in [9.17, 15) is 0 Å². The minimum Gasteiger partial charge on any atom is -0.420 e. The van der Waals surface area contributed by atoms with E-state index in [-0.39, 0.29) is 0 Å². The summed E-state index contributed by atoms with van der Waals surface area (Å²) in [6, 6.07) is 17.8. The van der Waals surface area contributed by atoms with Crippen LogP contribution in [-0.4, -0.2) is 25.4 Å². The number of aromatic nitrogens is 5. The minimum atomic E-state index is 0.494. The molecule has 4 rings (SSSR count). The third-order valence-corrected chi connectivity index (χ3v) is 4.90. The maximum Gasteiger partial charge on any atom is 0.247 e. The highest BCUT2D eigenvalue weighted by atomic mass is 79.9. The van der Waals surface area contributed by atoms with E-state index in [0.29, 0.717) is 28.5 Å². The van der Waals surface area contributed by atoms with Gasteiger partial charge in [0.25, 0.3) is 0 Å². The summed E-state index contributed by atoms with van der Waals surface area (Å²) in [5.41, 5.74) is 1.98. The van der Waals surface area contributed by atoms with Crippen LogP contribution in [0, 0.1) is 0 Å². The molecule has 0 amide bonds. The monoisotopic (exact) mass is 439 g/mol. The third-order valence-electron chi connectivity index (χ3n) is 3.58. The normalized spacial score (nSPS) is 11.3. The van der Waals surface area contributed by atoms with Crippen molar-refractivity contribution in [1.29, 1.82) is 0 Å². The molecule has 0 aliphatic carbocycles. The fourth-order valence-corrected chi connectivity index (χ4v) is 3.35. The molecule has 0 aliphatic rings. The lowest BCUT2D eigenvalue weighted by molar-refractivity contribution is 0.528. The lowest BCUT2D eigenvalue weighted by Gasteiger charge is -1.95. The van der Waals surface area contributed by atoms with Crippen molar-refractivity contribution in [1.82, 2.24) is 25.4 Å². The molecular formula is C19H14BrN5OS. The van der Waals surface area contributed by atoms with E-state index in [0.717, 1.165) is 15.6 Å². The molecule has 0 bridgehead atoms. The standard InChI is InChI=1S/C19H14BrN5OS/c20-15-8-4-7-14(11-15)18-24-23-17(26-18)12-27-19-21-16(22-25-19)10-9-13-5-2-1-3-6-13/h1-11H,12H2,(H,21,22,25)/b10-9+. The van der Waals surface area contributed by atoms with Crippen LogP contribution in [0.3, 0.4) is 0 Å². The maximum absolute atomic E-state index is 5.71. The zero-order chi connectivity index (χ0) is 18.5. The van der Waals surface area contributed by atoms with E-state index in [1.807, 2.05) is 66.7 Å². The van der Waals surface area contributed by atoms with Crippen LogP contribution in [0.2, 0.25) is 0 Å². The predicted octanol–water partition coefficient (Wildman–Crippen LogP) is 5.08. The first-order valence-corrected chi connectivity index (χ1v) is 9.91. The van der Waals surface area contributed by atoms with Gasteiger partial charge in [0.15, 0.2) is 0 Å². The Balaban J connectivity index is 1.37. The molecule has 4 aromatic rings. The molecule has 6 nitrogen and oxygen atoms in total. The molecule has 2 aromatic carbocycles. The molecule has 2 aromatic heterocycles. The van der Waals surface area contributed by atoms with Crippen LogP contribution < -0.4 is 0 Å². The topological polar surface area (TPSA) is 80.5 Å². The first kappa shape index (κ1) is 17.7. The number of aromatic amines is 1. The van der Waals surface area contributed by atoms with Crippen LogP contribution in [0.4, 0.5) is 0 Å². The van der Waals surface area contributed by atoms with Crippen LogP contribution in [-0.2, 0) is 5.75 Å². The highest BCUT2D eigenvalue weighted by molar-refractivity contribution is 9.10. The average molecular weight is 440 g/mol. The van der Waals surface area contributed by atoms with Gasteiger partial charge in [-0.25, -0.2) is 4.98 Å². The molecule has 0 saturated carbocycles. The molecule has 0 unspecified atom stereocenters. The predicted molar refractivity (Wildman–Crippen MR) is 109 cm³/mol. The van der Waals surface area contributed by atoms with Crippen LogP contribution in [0.5, 0.6) is 0 Å². The SMILES string of the molecule is Brc1cccc(-c2nnc(CSc3n[nH]c(/C=C/c4ccccc4)n3)o2)c1. The van der Waals surface area contributed by atoms with Crippen molar-refractivity contribution < 1.29 is 4.42 Å². The van der Waals surface area contributed by atoms with E-state index >= 15 is 0 Å². The highest BCUT2D eigenvalue weighted by Gasteiger charge is 2.10. The molecule has 27 heavy (non-hydrogen) atoms. The number of hydrogen-bond acceptors (Lipinski definition) is 6. The summed E-state index contributed by atoms with van der Waals surface area (Å²) in [5.74, 6) is 2.22. The van der Waals surface area contributed by atoms with Crippen LogP contribution in [0.25, 0.3) is 23.6 Å². The quantitative estimate of drug-likeness (QED) is 0.421. The zero-order valence-electron chi connectivity index (χ0n) is 14.0. The van der Waals surface area contributed by atoms with Crippen LogP contribution in [0.15, 0.2) is 68.6 Å². The number of hydrogen-bond donors (Lipinski definition) is 1. The average Bonchev–Trinajstić information content (AvgIpc) is 3.35. The first-order chi connectivity index (χ1) is 13.3. The van der Waals surface area contributed by atoms with Gasteiger partial charge in [0.1, 0.15) is 5.82 Å². The van der Waals surface area contributed by atoms with Gasteiger partial charge in [0.05, 0.1) is 5.75 Å². The molecule has 134 valence electrons. The minimum absolute atomic E-state index is 0.494. The van der Waals surface area contributed by atoms with Crippen LogP contribution in [0.1, 0.15) is 17.3 Å². The van der Waals surface area contributed by atoms with E-state index < -0.39 is 0 Å². The van der Waals surface area contributed by atoms with Gasteiger partial charge in [0, 0.05) is 10.0 Å². The van der Waals surface area contributed by atoms with Crippen molar-refractivity contribution in [2.75, 3.05) is 0 Å². The molecule has 1 N–H and O–H groups in total. The Kier molecular flexibility index (Phi) is 5.45. The largest absolute Gasteiger partial charge is 0.420 e. The van der Waals surface area contributed by atoms with Crippen molar-refractivity contribution in [2.24, 2.45) is 0 Å². The molecule has 2 heterocycles. The molecule has 0 aliphatic heterocycles. The fraction of sp³-hybridized carbons (Fsp3) is 0.0526. The summed E-state index contributed by atoms with van der Waals surface area (Å²) in [6.07, 6.45) is 3.88. The van der Waals surface area contributed by atoms with Gasteiger partial charge >= 0.3 is 0 Å². The Hall–Kier alpha value is -2.71. The lowest BCUT2D eigenvalue weighted by Crippen LogP contribution is -1.82. The van der Waals surface area contributed by atoms with Gasteiger partial charge in [-0.15, -0.1) is 15.3 Å². The summed E-state index contributed by atoms with van der Waals surface area (Å²) < 4.78 is 6.68. The second-order valence-corrected chi connectivity index (χ2v) is 7.41. The summed E-state index contributed by atoms with van der Waals surface area (Å²) in [4.78, 5) is 4.43. The van der Waals surface area contributed by atoms with Crippen molar-refractivity contribution in [2.45, 2.75) is 10.9 Å². The van der Waals surface area contributed by atoms with Gasteiger partial charge in [-0.2, -0.15) is 0 Å². The van der Waals surface area contributed by atoms with Gasteiger partial charge in [-0.1, -0.05) is 70.2 Å². The fourth-order valence-electron chi connectivity index (χ4n) is 2.31. The summed E-state index contributed by atoms with van der Waals surface area (Å²) in [7, 11) is 0. The summed E-state index contributed by atoms with van der Waals surface area (Å²) in [5, 5.41) is 15.9. The van der Waals surface area contributed by atoms with Crippen molar-refractivity contribution in [3.63, 3.8) is 0 Å². The molecule has 0 radical (unpaired) electrons. The summed E-state index contributed by atoms with van der Waals surface area (Å²) in [6.45, 7) is 0. The van der Waals surface area contributed by atoms with Crippen molar-refractivity contribution in [3.8, 4) is 11.5 Å². The molecule has 0 spiro atoms. The Morgan fingerprint density at radius 3 is 2.78 bits per heavy atom. The number of H-pyrrole nitrogens is 1. The Morgan fingerprint density at radius 2 is 1.93 bits per heavy atom. The van der Waals surface area contributed by atoms with E-state index in [2.05, 4.69) is 41.3 Å². The Morgan fingerprint density at radius 1 is 1.04 bits per heavy atom. The maximum atomic E-state index is 5.71. The van der Waals surface area contributed by atoms with E-state index in [1.54, 1.807) is 0 Å². The number of nitrogens with one attached hydrogen (secondary N) is 1. The van der Waals surface area contributed by atoms with Crippen molar-refractivity contribution >= 4 is 39.8 Å². The van der Waals surface area contributed by atoms with Gasteiger partial charge < -0.3 is 4.42 Å². The molecule has 0 atom stereocenters. The number of thioether (sulfide) groups is 1. The number of halogens is 1. The third kappa shape index (κ3) is 4.72.